The van der Waals surface area contributed by atoms with Gasteiger partial charge in [0.25, 0.3) is 5.78 Å². The SMILES string of the molecule is CC(C)CC(NC(=O)[C@@H]1[C@H]2[C@@H](CN1C(=O)[C@@H](NC(=O)OC(C)(C)C)C1Cc3ccccc3C1)C2(C)C)C(=O)C(=O)O. The summed E-state index contributed by atoms with van der Waals surface area (Å²) >= 11 is 0. The van der Waals surface area contributed by atoms with Gasteiger partial charge in [-0.25, -0.2) is 9.59 Å². The Kier molecular flexibility index (Phi) is 8.26. The first-order chi connectivity index (χ1) is 19.0. The summed E-state index contributed by atoms with van der Waals surface area (Å²) < 4.78 is 5.50. The predicted molar refractivity (Wildman–Crippen MR) is 151 cm³/mol. The van der Waals surface area contributed by atoms with Crippen LogP contribution in [0, 0.1) is 29.1 Å². The van der Waals surface area contributed by atoms with Crippen molar-refractivity contribution < 1.29 is 33.8 Å². The number of alkyl carbamates (subject to hydrolysis) is 1. The van der Waals surface area contributed by atoms with Crippen LogP contribution in [-0.2, 0) is 36.8 Å². The van der Waals surface area contributed by atoms with Crippen molar-refractivity contribution in [2.75, 3.05) is 6.54 Å². The fourth-order valence-corrected chi connectivity index (χ4v) is 6.75. The smallest absolute Gasteiger partial charge is 0.408 e. The van der Waals surface area contributed by atoms with Crippen LogP contribution in [0.2, 0.25) is 0 Å². The molecule has 3 aliphatic rings. The van der Waals surface area contributed by atoms with E-state index in [1.807, 2.05) is 52.0 Å². The Hall–Kier alpha value is -3.43. The number of piperidine rings is 1. The van der Waals surface area contributed by atoms with Gasteiger partial charge in [0, 0.05) is 6.54 Å². The van der Waals surface area contributed by atoms with Crippen molar-refractivity contribution in [3.63, 3.8) is 0 Å². The van der Waals surface area contributed by atoms with E-state index in [1.54, 1.807) is 20.8 Å². The minimum absolute atomic E-state index is 0.0403. The van der Waals surface area contributed by atoms with Crippen LogP contribution in [0.5, 0.6) is 0 Å². The highest BCUT2D eigenvalue weighted by atomic mass is 16.6. The van der Waals surface area contributed by atoms with Gasteiger partial charge in [0.15, 0.2) is 0 Å². The molecule has 1 heterocycles. The number of rotatable bonds is 9. The number of carbonyl (C=O) groups is 5. The van der Waals surface area contributed by atoms with Gasteiger partial charge in [0.2, 0.25) is 11.8 Å². The van der Waals surface area contributed by atoms with E-state index in [0.29, 0.717) is 19.4 Å². The molecule has 0 radical (unpaired) electrons. The number of hydrogen-bond acceptors (Lipinski definition) is 6. The van der Waals surface area contributed by atoms with E-state index in [1.165, 1.54) is 4.90 Å². The van der Waals surface area contributed by atoms with Gasteiger partial charge in [-0.05, 0) is 80.2 Å². The molecule has 0 aromatic heterocycles. The lowest BCUT2D eigenvalue weighted by Crippen LogP contribution is -2.59. The lowest BCUT2D eigenvalue weighted by atomic mass is 9.93. The molecular weight excluding hydrogens is 526 g/mol. The van der Waals surface area contributed by atoms with Crippen LogP contribution in [0.1, 0.15) is 66.0 Å². The maximum Gasteiger partial charge on any atom is 0.408 e. The van der Waals surface area contributed by atoms with Gasteiger partial charge in [0.1, 0.15) is 17.7 Å². The fraction of sp³-hybridized carbons (Fsp3) is 0.645. The number of carboxylic acids is 1. The van der Waals surface area contributed by atoms with E-state index in [0.717, 1.165) is 11.1 Å². The molecule has 3 N–H and O–H groups in total. The van der Waals surface area contributed by atoms with Crippen LogP contribution < -0.4 is 10.6 Å². The van der Waals surface area contributed by atoms with E-state index in [4.69, 9.17) is 4.74 Å². The number of hydrogen-bond donors (Lipinski definition) is 3. The third kappa shape index (κ3) is 6.41. The van der Waals surface area contributed by atoms with Crippen molar-refractivity contribution in [3.05, 3.63) is 35.4 Å². The van der Waals surface area contributed by atoms with Crippen LogP contribution in [0.25, 0.3) is 0 Å². The van der Waals surface area contributed by atoms with Gasteiger partial charge < -0.3 is 25.4 Å². The van der Waals surface area contributed by atoms with Crippen LogP contribution in [0.4, 0.5) is 4.79 Å². The normalized spacial score (nSPS) is 24.2. The fourth-order valence-electron chi connectivity index (χ4n) is 6.75. The summed E-state index contributed by atoms with van der Waals surface area (Å²) in [5.74, 6) is -3.95. The molecule has 224 valence electrons. The zero-order valence-corrected chi connectivity index (χ0v) is 25.0. The van der Waals surface area contributed by atoms with Crippen LogP contribution in [0.3, 0.4) is 0 Å². The minimum Gasteiger partial charge on any atom is -0.475 e. The molecule has 10 heteroatoms. The van der Waals surface area contributed by atoms with Gasteiger partial charge in [-0.15, -0.1) is 0 Å². The van der Waals surface area contributed by atoms with E-state index in [2.05, 4.69) is 10.6 Å². The summed E-state index contributed by atoms with van der Waals surface area (Å²) in [5, 5.41) is 14.8. The number of aliphatic carboxylic acids is 1. The first kappa shape index (κ1) is 30.5. The molecule has 1 aromatic carbocycles. The van der Waals surface area contributed by atoms with Crippen molar-refractivity contribution in [2.24, 2.45) is 29.1 Å². The average molecular weight is 570 g/mol. The molecule has 0 bridgehead atoms. The minimum atomic E-state index is -1.61. The van der Waals surface area contributed by atoms with Crippen molar-refractivity contribution in [3.8, 4) is 0 Å². The second kappa shape index (κ2) is 11.1. The van der Waals surface area contributed by atoms with E-state index in [9.17, 15) is 29.1 Å². The van der Waals surface area contributed by atoms with E-state index >= 15 is 0 Å². The number of Topliss-reactive ketones (excluding diaryl/α,β-unsaturated/α-hetero) is 1. The largest absolute Gasteiger partial charge is 0.475 e. The Bertz CT molecular complexity index is 1210. The highest BCUT2D eigenvalue weighted by Crippen LogP contribution is 2.65. The second-order valence-electron chi connectivity index (χ2n) is 13.8. The number of benzene rings is 1. The lowest BCUT2D eigenvalue weighted by molar-refractivity contribution is -0.151. The molecule has 4 rings (SSSR count). The summed E-state index contributed by atoms with van der Waals surface area (Å²) in [6.45, 7) is 13.3. The molecule has 3 amide bonds. The molecule has 1 aliphatic heterocycles. The summed E-state index contributed by atoms with van der Waals surface area (Å²) in [6, 6.07) is 4.91. The summed E-state index contributed by atoms with van der Waals surface area (Å²) in [6.07, 6.45) is 0.643. The molecule has 10 nitrogen and oxygen atoms in total. The Labute approximate surface area is 241 Å². The van der Waals surface area contributed by atoms with Crippen LogP contribution >= 0.6 is 0 Å². The van der Waals surface area contributed by atoms with Gasteiger partial charge in [0.05, 0.1) is 6.04 Å². The number of amides is 3. The molecule has 2 aliphatic carbocycles. The van der Waals surface area contributed by atoms with E-state index in [-0.39, 0.29) is 41.4 Å². The Morgan fingerprint density at radius 2 is 1.63 bits per heavy atom. The Morgan fingerprint density at radius 3 is 2.15 bits per heavy atom. The Morgan fingerprint density at radius 1 is 1.05 bits per heavy atom. The van der Waals surface area contributed by atoms with Crippen molar-refractivity contribution >= 4 is 29.7 Å². The molecule has 1 aromatic rings. The van der Waals surface area contributed by atoms with Crippen molar-refractivity contribution in [2.45, 2.75) is 91.5 Å². The third-order valence-electron chi connectivity index (χ3n) is 8.80. The summed E-state index contributed by atoms with van der Waals surface area (Å²) in [7, 11) is 0. The first-order valence-corrected chi connectivity index (χ1v) is 14.5. The van der Waals surface area contributed by atoms with E-state index < -0.39 is 47.5 Å². The lowest BCUT2D eigenvalue weighted by Gasteiger charge is -2.35. The number of nitrogens with zero attached hydrogens (tertiary/aromatic N) is 1. The van der Waals surface area contributed by atoms with Crippen molar-refractivity contribution in [1.82, 2.24) is 15.5 Å². The first-order valence-electron chi connectivity index (χ1n) is 14.5. The molecular formula is C31H43N3O7. The average Bonchev–Trinajstić information content (AvgIpc) is 3.24. The maximum absolute atomic E-state index is 14.3. The molecule has 5 atom stereocenters. The zero-order valence-electron chi connectivity index (χ0n) is 25.0. The predicted octanol–water partition coefficient (Wildman–Crippen LogP) is 2.96. The van der Waals surface area contributed by atoms with Gasteiger partial charge >= 0.3 is 12.1 Å². The molecule has 2 fully saturated rings. The Balaban J connectivity index is 1.61. The number of carbonyl (C=O) groups excluding carboxylic acids is 4. The topological polar surface area (TPSA) is 142 Å². The molecule has 41 heavy (non-hydrogen) atoms. The van der Waals surface area contributed by atoms with Crippen LogP contribution in [-0.4, -0.2) is 69.9 Å². The molecule has 1 saturated carbocycles. The van der Waals surface area contributed by atoms with Gasteiger partial charge in [-0.1, -0.05) is 52.0 Å². The number of likely N-dealkylation sites (tertiary alicyclic amines) is 1. The molecule has 0 spiro atoms. The van der Waals surface area contributed by atoms with Crippen molar-refractivity contribution in [1.29, 1.82) is 0 Å². The summed E-state index contributed by atoms with van der Waals surface area (Å²) in [5.41, 5.74) is 1.27. The number of fused-ring (bicyclic) bond motifs is 2. The summed E-state index contributed by atoms with van der Waals surface area (Å²) in [4.78, 5) is 66.4. The third-order valence-corrected chi connectivity index (χ3v) is 8.80. The standard InChI is InChI=1S/C31H43N3O7/c1-16(2)12-21(25(35)28(38)39)32-26(36)24-22-20(31(22,6)7)15-34(24)27(37)23(33-29(40)41-30(3,4)5)19-13-17-10-8-9-11-18(17)14-19/h8-11,16,19-24H,12-15H2,1-7H3,(H,32,36)(H,33,40)(H,38,39)/t20-,21?,22-,23+,24+/m1/s1. The molecule has 1 unspecified atom stereocenters. The molecule has 1 saturated heterocycles. The second-order valence-corrected chi connectivity index (χ2v) is 13.8. The number of carboxylic acid groups (broad SMARTS) is 1. The highest BCUT2D eigenvalue weighted by molar-refractivity contribution is 6.35. The number of ether oxygens (including phenoxy) is 1. The van der Waals surface area contributed by atoms with Gasteiger partial charge in [-0.2, -0.15) is 0 Å². The maximum atomic E-state index is 14.3. The van der Waals surface area contributed by atoms with Gasteiger partial charge in [-0.3, -0.25) is 14.4 Å². The monoisotopic (exact) mass is 569 g/mol. The highest BCUT2D eigenvalue weighted by Gasteiger charge is 2.69. The zero-order chi connectivity index (χ0) is 30.4. The number of ketones is 1. The number of nitrogens with one attached hydrogen (secondary N) is 2. The van der Waals surface area contributed by atoms with Crippen LogP contribution in [0.15, 0.2) is 24.3 Å². The quantitative estimate of drug-likeness (QED) is 0.388.